The van der Waals surface area contributed by atoms with Gasteiger partial charge >= 0.3 is 0 Å². The highest BCUT2D eigenvalue weighted by Crippen LogP contribution is 2.27. The van der Waals surface area contributed by atoms with Crippen molar-refractivity contribution in [2.75, 3.05) is 5.73 Å². The Balaban J connectivity index is 2.07. The fourth-order valence-corrected chi connectivity index (χ4v) is 2.36. The van der Waals surface area contributed by atoms with Gasteiger partial charge in [0.15, 0.2) is 0 Å². The molecule has 84 valence electrons. The highest BCUT2D eigenvalue weighted by Gasteiger charge is 2.04. The molecule has 1 heterocycles. The van der Waals surface area contributed by atoms with Crippen molar-refractivity contribution in [1.82, 2.24) is 5.16 Å². The van der Waals surface area contributed by atoms with E-state index in [-0.39, 0.29) is 0 Å². The smallest absolute Gasteiger partial charge is 0.133 e. The van der Waals surface area contributed by atoms with E-state index >= 15 is 0 Å². The van der Waals surface area contributed by atoms with Crippen molar-refractivity contribution in [3.8, 4) is 0 Å². The summed E-state index contributed by atoms with van der Waals surface area (Å²) in [6, 6.07) is 7.90. The van der Waals surface area contributed by atoms with Crippen LogP contribution in [-0.4, -0.2) is 5.16 Å². The van der Waals surface area contributed by atoms with Crippen molar-refractivity contribution < 1.29 is 4.52 Å². The lowest BCUT2D eigenvalue weighted by Crippen LogP contribution is -1.88. The van der Waals surface area contributed by atoms with E-state index in [4.69, 9.17) is 10.3 Å². The lowest BCUT2D eigenvalue weighted by molar-refractivity contribution is 0.393. The second kappa shape index (κ2) is 4.61. The van der Waals surface area contributed by atoms with E-state index in [0.29, 0.717) is 0 Å². The average Bonchev–Trinajstić information content (AvgIpc) is 2.66. The third-order valence-electron chi connectivity index (χ3n) is 2.26. The number of anilines is 1. The van der Waals surface area contributed by atoms with Crippen LogP contribution in [0, 0.1) is 13.8 Å². The van der Waals surface area contributed by atoms with E-state index in [9.17, 15) is 0 Å². The molecular weight excluding hydrogens is 220 g/mol. The third-order valence-corrected chi connectivity index (χ3v) is 3.46. The Morgan fingerprint density at radius 2 is 2.12 bits per heavy atom. The van der Waals surface area contributed by atoms with Crippen molar-refractivity contribution in [1.29, 1.82) is 0 Å². The van der Waals surface area contributed by atoms with Gasteiger partial charge in [-0.25, -0.2) is 0 Å². The van der Waals surface area contributed by atoms with Crippen molar-refractivity contribution >= 4 is 17.4 Å². The van der Waals surface area contributed by atoms with Gasteiger partial charge in [0.2, 0.25) is 0 Å². The predicted octanol–water partition coefficient (Wildman–Crippen LogP) is 3.17. The molecule has 0 aliphatic carbocycles. The molecule has 0 saturated carbocycles. The molecule has 1 aromatic carbocycles. The molecule has 4 heteroatoms. The Hall–Kier alpha value is -1.42. The van der Waals surface area contributed by atoms with Gasteiger partial charge in [-0.2, -0.15) is 0 Å². The first-order valence-corrected chi connectivity index (χ1v) is 6.05. The summed E-state index contributed by atoms with van der Waals surface area (Å²) >= 11 is 1.73. The van der Waals surface area contributed by atoms with Crippen LogP contribution in [0.25, 0.3) is 0 Å². The number of aromatic nitrogens is 1. The van der Waals surface area contributed by atoms with Gasteiger partial charge in [0, 0.05) is 22.4 Å². The molecular formula is C12H14N2OS. The highest BCUT2D eigenvalue weighted by molar-refractivity contribution is 7.98. The van der Waals surface area contributed by atoms with Gasteiger partial charge in [-0.3, -0.25) is 0 Å². The quantitative estimate of drug-likeness (QED) is 0.654. The highest BCUT2D eigenvalue weighted by atomic mass is 32.2. The number of rotatable bonds is 3. The first-order valence-electron chi connectivity index (χ1n) is 5.06. The minimum Gasteiger partial charge on any atom is -0.399 e. The number of nitrogens with zero attached hydrogens (tertiary/aromatic N) is 1. The molecule has 2 N–H and O–H groups in total. The molecule has 0 fully saturated rings. The Morgan fingerprint density at radius 3 is 2.81 bits per heavy atom. The van der Waals surface area contributed by atoms with Crippen LogP contribution in [0.5, 0.6) is 0 Å². The maximum atomic E-state index is 5.75. The zero-order valence-electron chi connectivity index (χ0n) is 9.36. The van der Waals surface area contributed by atoms with Gasteiger partial charge in [0.05, 0.1) is 5.69 Å². The lowest BCUT2D eigenvalue weighted by atomic mass is 10.2. The van der Waals surface area contributed by atoms with Crippen molar-refractivity contribution in [3.05, 3.63) is 41.3 Å². The first kappa shape index (κ1) is 11.1. The Morgan fingerprint density at radius 1 is 1.31 bits per heavy atom. The molecule has 0 unspecified atom stereocenters. The Kier molecular flexibility index (Phi) is 3.19. The van der Waals surface area contributed by atoms with Crippen LogP contribution in [0.4, 0.5) is 5.69 Å². The molecule has 0 radical (unpaired) electrons. The van der Waals surface area contributed by atoms with E-state index in [1.54, 1.807) is 11.8 Å². The van der Waals surface area contributed by atoms with Gasteiger partial charge in [0.1, 0.15) is 5.76 Å². The molecule has 2 aromatic rings. The van der Waals surface area contributed by atoms with Crippen LogP contribution in [0.3, 0.4) is 0 Å². The minimum atomic E-state index is 0.796. The maximum Gasteiger partial charge on any atom is 0.133 e. The summed E-state index contributed by atoms with van der Waals surface area (Å²) < 4.78 is 5.02. The minimum absolute atomic E-state index is 0.796. The number of thioether (sulfide) groups is 1. The third kappa shape index (κ3) is 2.58. The number of nitrogen functional groups attached to an aromatic ring is 1. The molecule has 0 saturated heterocycles. The monoisotopic (exact) mass is 234 g/mol. The second-order valence-electron chi connectivity index (χ2n) is 3.74. The largest absolute Gasteiger partial charge is 0.399 e. The number of benzene rings is 1. The average molecular weight is 234 g/mol. The zero-order chi connectivity index (χ0) is 11.5. The maximum absolute atomic E-state index is 5.75. The first-order chi connectivity index (χ1) is 7.65. The summed E-state index contributed by atoms with van der Waals surface area (Å²) in [6.45, 7) is 3.97. The SMILES string of the molecule is Cc1cc(CSc2cc(N)ccc2C)no1. The normalized spacial score (nSPS) is 10.6. The Bertz CT molecular complexity index is 494. The molecule has 0 spiro atoms. The molecule has 0 atom stereocenters. The summed E-state index contributed by atoms with van der Waals surface area (Å²) in [5, 5.41) is 3.96. The molecule has 2 rings (SSSR count). The van der Waals surface area contributed by atoms with Gasteiger partial charge in [-0.05, 0) is 31.5 Å². The zero-order valence-corrected chi connectivity index (χ0v) is 10.2. The van der Waals surface area contributed by atoms with Gasteiger partial charge in [0.25, 0.3) is 0 Å². The predicted molar refractivity (Wildman–Crippen MR) is 66.4 cm³/mol. The number of aryl methyl sites for hydroxylation is 2. The van der Waals surface area contributed by atoms with E-state index in [1.165, 1.54) is 10.5 Å². The summed E-state index contributed by atoms with van der Waals surface area (Å²) in [5.74, 6) is 1.65. The van der Waals surface area contributed by atoms with E-state index in [1.807, 2.05) is 31.2 Å². The molecule has 16 heavy (non-hydrogen) atoms. The van der Waals surface area contributed by atoms with E-state index in [0.717, 1.165) is 22.9 Å². The summed E-state index contributed by atoms with van der Waals surface area (Å²) in [6.07, 6.45) is 0. The number of nitrogens with two attached hydrogens (primary N) is 1. The van der Waals surface area contributed by atoms with E-state index in [2.05, 4.69) is 12.1 Å². The van der Waals surface area contributed by atoms with Gasteiger partial charge < -0.3 is 10.3 Å². The number of hydrogen-bond acceptors (Lipinski definition) is 4. The molecule has 3 nitrogen and oxygen atoms in total. The fraction of sp³-hybridized carbons (Fsp3) is 0.250. The van der Waals surface area contributed by atoms with Crippen LogP contribution < -0.4 is 5.73 Å². The van der Waals surface area contributed by atoms with Crippen LogP contribution in [0.1, 0.15) is 17.0 Å². The van der Waals surface area contributed by atoms with Crippen LogP contribution >= 0.6 is 11.8 Å². The van der Waals surface area contributed by atoms with Gasteiger partial charge in [-0.15, -0.1) is 11.8 Å². The number of hydrogen-bond donors (Lipinski definition) is 1. The Labute approximate surface area is 99.0 Å². The summed E-state index contributed by atoms with van der Waals surface area (Å²) in [4.78, 5) is 1.20. The topological polar surface area (TPSA) is 52.0 Å². The van der Waals surface area contributed by atoms with Crippen LogP contribution in [-0.2, 0) is 5.75 Å². The summed E-state index contributed by atoms with van der Waals surface area (Å²) in [5.41, 5.74) is 8.75. The van der Waals surface area contributed by atoms with Crippen LogP contribution in [0.15, 0.2) is 33.7 Å². The van der Waals surface area contributed by atoms with Crippen LogP contribution in [0.2, 0.25) is 0 Å². The van der Waals surface area contributed by atoms with Crippen molar-refractivity contribution in [2.24, 2.45) is 0 Å². The lowest BCUT2D eigenvalue weighted by Gasteiger charge is -2.04. The van der Waals surface area contributed by atoms with Crippen molar-refractivity contribution in [3.63, 3.8) is 0 Å². The summed E-state index contributed by atoms with van der Waals surface area (Å²) in [7, 11) is 0. The molecule has 0 aliphatic rings. The fourth-order valence-electron chi connectivity index (χ4n) is 1.41. The molecule has 0 bridgehead atoms. The molecule has 0 aliphatic heterocycles. The second-order valence-corrected chi connectivity index (χ2v) is 4.76. The standard InChI is InChI=1S/C12H14N2OS/c1-8-3-4-10(13)6-12(8)16-7-11-5-9(2)15-14-11/h3-6H,7,13H2,1-2H3. The molecule has 1 aromatic heterocycles. The van der Waals surface area contributed by atoms with E-state index < -0.39 is 0 Å². The van der Waals surface area contributed by atoms with Gasteiger partial charge in [-0.1, -0.05) is 11.2 Å². The molecule has 0 amide bonds. The van der Waals surface area contributed by atoms with Crippen molar-refractivity contribution in [2.45, 2.75) is 24.5 Å².